The topological polar surface area (TPSA) is 0 Å². The molecule has 0 fully saturated rings. The van der Waals surface area contributed by atoms with Gasteiger partial charge in [0.05, 0.1) is 0 Å². The summed E-state index contributed by atoms with van der Waals surface area (Å²) in [6.07, 6.45) is 2.09. The molecule has 0 radical (unpaired) electrons. The van der Waals surface area contributed by atoms with Crippen molar-refractivity contribution in [2.45, 2.75) is 13.8 Å². The smallest absolute Gasteiger partial charge is 0.0439 e. The molecular formula is C12H13BrCl2. The maximum atomic E-state index is 5.94. The first-order chi connectivity index (χ1) is 7.04. The van der Waals surface area contributed by atoms with E-state index in [4.69, 9.17) is 23.2 Å². The van der Waals surface area contributed by atoms with Crippen molar-refractivity contribution >= 4 is 45.2 Å². The molecule has 15 heavy (non-hydrogen) atoms. The highest BCUT2D eigenvalue weighted by Gasteiger charge is 2.04. The Morgan fingerprint density at radius 2 is 2.13 bits per heavy atom. The van der Waals surface area contributed by atoms with Gasteiger partial charge in [-0.2, -0.15) is 0 Å². The van der Waals surface area contributed by atoms with Crippen molar-refractivity contribution in [1.29, 1.82) is 0 Å². The summed E-state index contributed by atoms with van der Waals surface area (Å²) in [6, 6.07) is 5.74. The molecule has 0 aliphatic heterocycles. The Kier molecular flexibility index (Phi) is 5.17. The van der Waals surface area contributed by atoms with E-state index in [0.717, 1.165) is 15.1 Å². The summed E-state index contributed by atoms with van der Waals surface area (Å²) in [4.78, 5) is 0. The largest absolute Gasteiger partial charge is 0.122 e. The van der Waals surface area contributed by atoms with Crippen molar-refractivity contribution in [1.82, 2.24) is 0 Å². The summed E-state index contributed by atoms with van der Waals surface area (Å²) in [5.41, 5.74) is 2.28. The van der Waals surface area contributed by atoms with Crippen LogP contribution < -0.4 is 0 Å². The Morgan fingerprint density at radius 1 is 1.47 bits per heavy atom. The molecule has 0 N–H and O–H groups in total. The maximum Gasteiger partial charge on any atom is 0.0439 e. The zero-order chi connectivity index (χ0) is 11.4. The molecule has 0 saturated carbocycles. The van der Waals surface area contributed by atoms with Gasteiger partial charge in [0.15, 0.2) is 0 Å². The maximum absolute atomic E-state index is 5.94. The summed E-state index contributed by atoms with van der Waals surface area (Å²) in [5, 5.41) is 0.738. The van der Waals surface area contributed by atoms with E-state index < -0.39 is 0 Å². The van der Waals surface area contributed by atoms with Gasteiger partial charge < -0.3 is 0 Å². The molecule has 1 aromatic rings. The van der Waals surface area contributed by atoms with Crippen LogP contribution in [0.5, 0.6) is 0 Å². The second-order valence-electron chi connectivity index (χ2n) is 3.67. The van der Waals surface area contributed by atoms with Crippen LogP contribution in [0.1, 0.15) is 19.4 Å². The number of allylic oxidation sites excluding steroid dienone is 1. The van der Waals surface area contributed by atoms with Crippen molar-refractivity contribution in [2.24, 2.45) is 5.92 Å². The lowest BCUT2D eigenvalue weighted by Gasteiger charge is -2.08. The van der Waals surface area contributed by atoms with Crippen LogP contribution >= 0.6 is 39.1 Å². The van der Waals surface area contributed by atoms with Gasteiger partial charge >= 0.3 is 0 Å². The SMILES string of the molecule is CC(C)C(=Cc1cc(Cl)ccc1Br)CCl. The second-order valence-corrected chi connectivity index (χ2v) is 5.23. The number of halogens is 3. The highest BCUT2D eigenvalue weighted by molar-refractivity contribution is 9.10. The van der Waals surface area contributed by atoms with Crippen LogP contribution in [0.4, 0.5) is 0 Å². The zero-order valence-corrected chi connectivity index (χ0v) is 11.8. The normalized spacial score (nSPS) is 12.3. The molecule has 0 atom stereocenters. The second kappa shape index (κ2) is 5.93. The monoisotopic (exact) mass is 306 g/mol. The average molecular weight is 308 g/mol. The highest BCUT2D eigenvalue weighted by Crippen LogP contribution is 2.25. The lowest BCUT2D eigenvalue weighted by molar-refractivity contribution is 0.778. The third kappa shape index (κ3) is 3.82. The van der Waals surface area contributed by atoms with Gasteiger partial charge in [-0.15, -0.1) is 11.6 Å². The quantitative estimate of drug-likeness (QED) is 0.658. The van der Waals surface area contributed by atoms with Gasteiger partial charge in [-0.1, -0.05) is 53.0 Å². The molecule has 3 heteroatoms. The molecule has 0 aromatic heterocycles. The summed E-state index contributed by atoms with van der Waals surface area (Å²) in [5.74, 6) is 1.00. The molecule has 1 aromatic carbocycles. The molecule has 0 nitrogen and oxygen atoms in total. The van der Waals surface area contributed by atoms with Crippen LogP contribution in [0.2, 0.25) is 5.02 Å². The van der Waals surface area contributed by atoms with E-state index in [1.807, 2.05) is 18.2 Å². The first-order valence-corrected chi connectivity index (χ1v) is 6.46. The van der Waals surface area contributed by atoms with Crippen LogP contribution in [0.15, 0.2) is 28.2 Å². The molecule has 0 aliphatic carbocycles. The number of hydrogen-bond donors (Lipinski definition) is 0. The molecule has 0 heterocycles. The van der Waals surface area contributed by atoms with E-state index in [9.17, 15) is 0 Å². The van der Waals surface area contributed by atoms with Gasteiger partial charge in [-0.05, 0) is 29.7 Å². The van der Waals surface area contributed by atoms with Crippen molar-refractivity contribution < 1.29 is 0 Å². The number of alkyl halides is 1. The van der Waals surface area contributed by atoms with E-state index >= 15 is 0 Å². The van der Waals surface area contributed by atoms with Crippen molar-refractivity contribution in [2.75, 3.05) is 5.88 Å². The average Bonchev–Trinajstić information content (AvgIpc) is 2.18. The first kappa shape index (κ1) is 13.1. The van der Waals surface area contributed by atoms with E-state index in [-0.39, 0.29) is 0 Å². The molecule has 1 rings (SSSR count). The third-order valence-electron chi connectivity index (χ3n) is 2.19. The molecule has 0 saturated heterocycles. The summed E-state index contributed by atoms with van der Waals surface area (Å²) in [6.45, 7) is 4.26. The van der Waals surface area contributed by atoms with E-state index in [1.54, 1.807) is 0 Å². The molecule has 0 unspecified atom stereocenters. The van der Waals surface area contributed by atoms with E-state index in [2.05, 4.69) is 35.9 Å². The van der Waals surface area contributed by atoms with Crippen LogP contribution in [0.3, 0.4) is 0 Å². The lowest BCUT2D eigenvalue weighted by Crippen LogP contribution is -1.95. The van der Waals surface area contributed by atoms with E-state index in [0.29, 0.717) is 11.8 Å². The highest BCUT2D eigenvalue weighted by atomic mass is 79.9. The van der Waals surface area contributed by atoms with Gasteiger partial charge in [0, 0.05) is 15.4 Å². The minimum atomic E-state index is 0.452. The fourth-order valence-electron chi connectivity index (χ4n) is 1.18. The zero-order valence-electron chi connectivity index (χ0n) is 8.73. The molecule has 0 spiro atoms. The summed E-state index contributed by atoms with van der Waals surface area (Å²) >= 11 is 15.3. The van der Waals surface area contributed by atoms with Crippen LogP contribution in [-0.4, -0.2) is 5.88 Å². The minimum Gasteiger partial charge on any atom is -0.122 e. The Labute approximate surface area is 109 Å². The summed E-state index contributed by atoms with van der Waals surface area (Å²) in [7, 11) is 0. The molecule has 0 bridgehead atoms. The van der Waals surface area contributed by atoms with Crippen molar-refractivity contribution in [3.05, 3.63) is 38.8 Å². The molecule has 0 amide bonds. The van der Waals surface area contributed by atoms with Gasteiger partial charge in [0.1, 0.15) is 0 Å². The summed E-state index contributed by atoms with van der Waals surface area (Å²) < 4.78 is 1.04. The van der Waals surface area contributed by atoms with Gasteiger partial charge in [0.2, 0.25) is 0 Å². The van der Waals surface area contributed by atoms with Crippen LogP contribution in [0, 0.1) is 5.92 Å². The number of hydrogen-bond acceptors (Lipinski definition) is 0. The van der Waals surface area contributed by atoms with Crippen molar-refractivity contribution in [3.8, 4) is 0 Å². The third-order valence-corrected chi connectivity index (χ3v) is 3.46. The fraction of sp³-hybridized carbons (Fsp3) is 0.333. The first-order valence-electron chi connectivity index (χ1n) is 4.76. The predicted octanol–water partition coefficient (Wildman–Crippen LogP) is 5.38. The van der Waals surface area contributed by atoms with Gasteiger partial charge in [-0.3, -0.25) is 0 Å². The Morgan fingerprint density at radius 3 is 2.67 bits per heavy atom. The van der Waals surface area contributed by atoms with E-state index in [1.165, 1.54) is 5.57 Å². The number of rotatable bonds is 3. The van der Waals surface area contributed by atoms with Crippen LogP contribution in [0.25, 0.3) is 6.08 Å². The fourth-order valence-corrected chi connectivity index (χ4v) is 2.11. The van der Waals surface area contributed by atoms with Gasteiger partial charge in [-0.25, -0.2) is 0 Å². The standard InChI is InChI=1S/C12H13BrCl2/c1-8(2)10(7-14)5-9-6-11(15)3-4-12(9)13/h3-6,8H,7H2,1-2H3. The van der Waals surface area contributed by atoms with Crippen molar-refractivity contribution in [3.63, 3.8) is 0 Å². The minimum absolute atomic E-state index is 0.452. The lowest BCUT2D eigenvalue weighted by atomic mass is 10.0. The Bertz CT molecular complexity index is 370. The molecular weight excluding hydrogens is 295 g/mol. The Hall–Kier alpha value is 0.0200. The predicted molar refractivity (Wildman–Crippen MR) is 72.7 cm³/mol. The van der Waals surface area contributed by atoms with Gasteiger partial charge in [0.25, 0.3) is 0 Å². The Balaban J connectivity index is 3.10. The molecule has 0 aliphatic rings. The molecule has 82 valence electrons. The van der Waals surface area contributed by atoms with Crippen LogP contribution in [-0.2, 0) is 0 Å². The number of benzene rings is 1.